The number of aromatic nitrogens is 1. The Morgan fingerprint density at radius 3 is 1.93 bits per heavy atom. The third-order valence-corrected chi connectivity index (χ3v) is 5.79. The topological polar surface area (TPSA) is 42.4 Å². The Labute approximate surface area is 174 Å². The minimum Gasteiger partial charge on any atom is -0.506 e. The number of hydrogen-bond donors (Lipinski definition) is 1. The minimum atomic E-state index is -0.00498. The zero-order chi connectivity index (χ0) is 21.1. The molecular formula is C26H31NO2. The van der Waals surface area contributed by atoms with E-state index in [2.05, 4.69) is 76.0 Å². The Kier molecular flexibility index (Phi) is 6.39. The Hall–Kier alpha value is -2.65. The van der Waals surface area contributed by atoms with Crippen LogP contribution in [0.3, 0.4) is 0 Å². The van der Waals surface area contributed by atoms with E-state index in [0.717, 1.165) is 5.56 Å². The van der Waals surface area contributed by atoms with Crippen LogP contribution < -0.4 is 0 Å². The van der Waals surface area contributed by atoms with Gasteiger partial charge in [0.2, 0.25) is 0 Å². The molecule has 1 heterocycles. The first-order valence-corrected chi connectivity index (χ1v) is 10.1. The standard InChI is InChI=1S/C26H31NO2/c1-16-7-9-22(18(3)13-16)24(23-10-8-17(2)14-19(23)4)20(5)25-26(28)21(15-29-6)11-12-27-25/h7-14,20,24,28H,15H2,1-6H3/t20-/m0/s1. The normalized spacial score (nSPS) is 12.4. The Morgan fingerprint density at radius 2 is 1.45 bits per heavy atom. The molecule has 0 aliphatic carbocycles. The highest BCUT2D eigenvalue weighted by molar-refractivity contribution is 5.48. The third-order valence-electron chi connectivity index (χ3n) is 5.79. The maximum absolute atomic E-state index is 10.9. The van der Waals surface area contributed by atoms with Crippen molar-refractivity contribution in [3.63, 3.8) is 0 Å². The summed E-state index contributed by atoms with van der Waals surface area (Å²) in [5.74, 6) is 0.323. The van der Waals surface area contributed by atoms with Crippen LogP contribution in [0.25, 0.3) is 0 Å². The second-order valence-corrected chi connectivity index (χ2v) is 8.12. The highest BCUT2D eigenvalue weighted by Crippen LogP contribution is 2.43. The molecule has 0 radical (unpaired) electrons. The Balaban J connectivity index is 2.19. The molecule has 0 unspecified atom stereocenters. The van der Waals surface area contributed by atoms with Crippen LogP contribution in [0.4, 0.5) is 0 Å². The molecule has 0 bridgehead atoms. The summed E-state index contributed by atoms with van der Waals surface area (Å²) in [4.78, 5) is 4.58. The molecule has 3 heteroatoms. The molecule has 1 atom stereocenters. The summed E-state index contributed by atoms with van der Waals surface area (Å²) in [5, 5.41) is 10.9. The average Bonchev–Trinajstić information content (AvgIpc) is 2.67. The second-order valence-electron chi connectivity index (χ2n) is 8.12. The van der Waals surface area contributed by atoms with Crippen LogP contribution in [0, 0.1) is 27.7 Å². The predicted molar refractivity (Wildman–Crippen MR) is 119 cm³/mol. The van der Waals surface area contributed by atoms with Crippen molar-refractivity contribution >= 4 is 0 Å². The number of ether oxygens (including phenoxy) is 1. The van der Waals surface area contributed by atoms with Crippen molar-refractivity contribution < 1.29 is 9.84 Å². The summed E-state index contributed by atoms with van der Waals surface area (Å²) in [5.41, 5.74) is 9.04. The van der Waals surface area contributed by atoms with E-state index in [1.54, 1.807) is 13.3 Å². The van der Waals surface area contributed by atoms with Crippen molar-refractivity contribution in [2.45, 2.75) is 53.1 Å². The molecule has 0 saturated carbocycles. The summed E-state index contributed by atoms with van der Waals surface area (Å²) in [6.07, 6.45) is 1.76. The first kappa shape index (κ1) is 21.1. The summed E-state index contributed by atoms with van der Waals surface area (Å²) in [6, 6.07) is 15.1. The average molecular weight is 390 g/mol. The maximum Gasteiger partial charge on any atom is 0.142 e. The van der Waals surface area contributed by atoms with Gasteiger partial charge >= 0.3 is 0 Å². The van der Waals surface area contributed by atoms with E-state index in [1.165, 1.54) is 33.4 Å². The Morgan fingerprint density at radius 1 is 0.897 bits per heavy atom. The van der Waals surface area contributed by atoms with E-state index in [9.17, 15) is 5.11 Å². The van der Waals surface area contributed by atoms with Gasteiger partial charge < -0.3 is 9.84 Å². The number of aryl methyl sites for hydroxylation is 4. The summed E-state index contributed by atoms with van der Waals surface area (Å²) in [7, 11) is 1.64. The lowest BCUT2D eigenvalue weighted by molar-refractivity contribution is 0.181. The van der Waals surface area contributed by atoms with Gasteiger partial charge in [0, 0.05) is 30.7 Å². The number of rotatable bonds is 6. The molecule has 3 nitrogen and oxygen atoms in total. The van der Waals surface area contributed by atoms with Crippen LogP contribution >= 0.6 is 0 Å². The molecule has 29 heavy (non-hydrogen) atoms. The van der Waals surface area contributed by atoms with Crippen LogP contribution in [-0.2, 0) is 11.3 Å². The highest BCUT2D eigenvalue weighted by Gasteiger charge is 2.29. The minimum absolute atomic E-state index is 0.00498. The van der Waals surface area contributed by atoms with Crippen molar-refractivity contribution in [3.8, 4) is 5.75 Å². The quantitative estimate of drug-likeness (QED) is 0.553. The predicted octanol–water partition coefficient (Wildman–Crippen LogP) is 6.10. The zero-order valence-corrected chi connectivity index (χ0v) is 18.3. The van der Waals surface area contributed by atoms with Crippen LogP contribution in [0.2, 0.25) is 0 Å². The van der Waals surface area contributed by atoms with Crippen molar-refractivity contribution in [3.05, 3.63) is 93.3 Å². The number of pyridine rings is 1. The van der Waals surface area contributed by atoms with Crippen LogP contribution in [0.5, 0.6) is 5.75 Å². The molecule has 0 fully saturated rings. The number of aromatic hydroxyl groups is 1. The molecule has 2 aromatic carbocycles. The number of hydrogen-bond acceptors (Lipinski definition) is 3. The van der Waals surface area contributed by atoms with Gasteiger partial charge in [-0.1, -0.05) is 54.4 Å². The molecule has 0 aliphatic rings. The first-order valence-electron chi connectivity index (χ1n) is 10.1. The van der Waals surface area contributed by atoms with Crippen molar-refractivity contribution in [1.82, 2.24) is 4.98 Å². The van der Waals surface area contributed by atoms with Crippen molar-refractivity contribution in [2.75, 3.05) is 7.11 Å². The van der Waals surface area contributed by atoms with E-state index in [-0.39, 0.29) is 17.6 Å². The van der Waals surface area contributed by atoms with Gasteiger partial charge in [-0.25, -0.2) is 0 Å². The van der Waals surface area contributed by atoms with E-state index >= 15 is 0 Å². The monoisotopic (exact) mass is 389 g/mol. The van der Waals surface area contributed by atoms with Gasteiger partial charge in [0.25, 0.3) is 0 Å². The number of methoxy groups -OCH3 is 1. The first-order chi connectivity index (χ1) is 13.8. The van der Waals surface area contributed by atoms with Gasteiger partial charge in [0.1, 0.15) is 5.75 Å². The lowest BCUT2D eigenvalue weighted by Crippen LogP contribution is -2.15. The third kappa shape index (κ3) is 4.35. The number of benzene rings is 2. The SMILES string of the molecule is COCc1ccnc([C@@H](C)C(c2ccc(C)cc2C)c2ccc(C)cc2C)c1O. The molecule has 0 spiro atoms. The van der Waals surface area contributed by atoms with Crippen LogP contribution in [0.15, 0.2) is 48.7 Å². The van der Waals surface area contributed by atoms with Crippen LogP contribution in [0.1, 0.15) is 63.4 Å². The van der Waals surface area contributed by atoms with Gasteiger partial charge in [0.05, 0.1) is 12.3 Å². The smallest absolute Gasteiger partial charge is 0.142 e. The molecule has 0 aliphatic heterocycles. The van der Waals surface area contributed by atoms with Crippen molar-refractivity contribution in [2.24, 2.45) is 0 Å². The summed E-state index contributed by atoms with van der Waals surface area (Å²) < 4.78 is 5.25. The van der Waals surface area contributed by atoms with E-state index in [4.69, 9.17) is 4.74 Å². The number of nitrogens with zero attached hydrogens (tertiary/aromatic N) is 1. The maximum atomic E-state index is 10.9. The fraction of sp³-hybridized carbons (Fsp3) is 0.346. The fourth-order valence-electron chi connectivity index (χ4n) is 4.33. The summed E-state index contributed by atoms with van der Waals surface area (Å²) in [6.45, 7) is 11.1. The molecule has 0 saturated heterocycles. The van der Waals surface area contributed by atoms with Gasteiger partial charge in [-0.05, 0) is 56.0 Å². The molecule has 152 valence electrons. The second kappa shape index (κ2) is 8.79. The van der Waals surface area contributed by atoms with E-state index in [1.807, 2.05) is 6.07 Å². The molecule has 0 amide bonds. The molecule has 3 rings (SSSR count). The fourth-order valence-corrected chi connectivity index (χ4v) is 4.33. The summed E-state index contributed by atoms with van der Waals surface area (Å²) >= 11 is 0. The lowest BCUT2D eigenvalue weighted by atomic mass is 9.76. The van der Waals surface area contributed by atoms with E-state index in [0.29, 0.717) is 12.3 Å². The van der Waals surface area contributed by atoms with Gasteiger partial charge in [-0.15, -0.1) is 0 Å². The van der Waals surface area contributed by atoms with E-state index < -0.39 is 0 Å². The van der Waals surface area contributed by atoms with Gasteiger partial charge in [-0.2, -0.15) is 0 Å². The van der Waals surface area contributed by atoms with Crippen LogP contribution in [-0.4, -0.2) is 17.2 Å². The van der Waals surface area contributed by atoms with Gasteiger partial charge in [0.15, 0.2) is 0 Å². The largest absolute Gasteiger partial charge is 0.506 e. The van der Waals surface area contributed by atoms with Crippen molar-refractivity contribution in [1.29, 1.82) is 0 Å². The lowest BCUT2D eigenvalue weighted by Gasteiger charge is -2.29. The zero-order valence-electron chi connectivity index (χ0n) is 18.3. The molecular weight excluding hydrogens is 358 g/mol. The molecule has 1 N–H and O–H groups in total. The van der Waals surface area contributed by atoms with Gasteiger partial charge in [-0.3, -0.25) is 4.98 Å². The Bertz CT molecular complexity index is 958. The molecule has 3 aromatic rings. The molecule has 1 aromatic heterocycles. The highest BCUT2D eigenvalue weighted by atomic mass is 16.5.